The second-order valence-corrected chi connectivity index (χ2v) is 13.7. The van der Waals surface area contributed by atoms with Gasteiger partial charge in [0.25, 0.3) is 0 Å². The lowest BCUT2D eigenvalue weighted by atomic mass is 9.48. The van der Waals surface area contributed by atoms with Gasteiger partial charge in [-0.25, -0.2) is 0 Å². The smallest absolute Gasteiger partial charge is 0.416 e. The highest BCUT2D eigenvalue weighted by Gasteiger charge is 2.73. The van der Waals surface area contributed by atoms with E-state index in [1.54, 1.807) is 12.1 Å². The van der Waals surface area contributed by atoms with Crippen LogP contribution in [0.1, 0.15) is 73.6 Å². The molecule has 0 aromatic heterocycles. The molecule has 0 radical (unpaired) electrons. The number of phenols is 1. The van der Waals surface area contributed by atoms with Crippen molar-refractivity contribution in [3.05, 3.63) is 77.4 Å². The van der Waals surface area contributed by atoms with Gasteiger partial charge in [0.2, 0.25) is 5.91 Å². The zero-order valence-corrected chi connectivity index (χ0v) is 25.4. The van der Waals surface area contributed by atoms with Crippen molar-refractivity contribution in [3.63, 3.8) is 0 Å². The number of nitrogens with zero attached hydrogens (tertiary/aromatic N) is 2. The second kappa shape index (κ2) is 11.2. The Kier molecular flexibility index (Phi) is 7.55. The summed E-state index contributed by atoms with van der Waals surface area (Å²) >= 11 is 0. The standard InChI is InChI=1S/C36H41F3N2O4/c1-2-18-40-19-17-34-31-25-12-13-28(42)32(31)45-33(34)27(15-16-35(34,44)29(40)21-25)41(22-24-7-4-3-5-8-24)30(43)14-11-23-9-6-10-26(20-23)36(37,38)39/h2,6,9-14,20,24,27,29,33,42,44H,1,3-5,7-8,15-19,21-22H2/b14-11+/t27?,29-,33?,34+,35-/m1/s1. The number of hydrogen-bond donors (Lipinski definition) is 2. The fourth-order valence-corrected chi connectivity index (χ4v) is 9.43. The molecule has 1 saturated heterocycles. The number of benzene rings is 2. The first-order chi connectivity index (χ1) is 21.6. The predicted octanol–water partition coefficient (Wildman–Crippen LogP) is 6.24. The minimum absolute atomic E-state index is 0.0418. The maximum atomic E-state index is 14.2. The van der Waals surface area contributed by atoms with Crippen LogP contribution in [0, 0.1) is 5.92 Å². The van der Waals surface area contributed by atoms with Crippen LogP contribution in [-0.2, 0) is 22.8 Å². The van der Waals surface area contributed by atoms with Gasteiger partial charge in [-0.2, -0.15) is 13.2 Å². The van der Waals surface area contributed by atoms with Crippen LogP contribution in [-0.4, -0.2) is 69.3 Å². The number of piperidine rings is 1. The summed E-state index contributed by atoms with van der Waals surface area (Å²) in [7, 11) is 0. The fourth-order valence-electron chi connectivity index (χ4n) is 9.43. The molecule has 3 aliphatic carbocycles. The average Bonchev–Trinajstić information content (AvgIpc) is 3.38. The number of halogens is 3. The largest absolute Gasteiger partial charge is 0.504 e. The Bertz CT molecular complexity index is 1520. The van der Waals surface area contributed by atoms with Crippen molar-refractivity contribution in [2.75, 3.05) is 19.6 Å². The summed E-state index contributed by atoms with van der Waals surface area (Å²) in [4.78, 5) is 18.4. The van der Waals surface area contributed by atoms with E-state index in [1.807, 2.05) is 17.0 Å². The van der Waals surface area contributed by atoms with Crippen molar-refractivity contribution >= 4 is 12.0 Å². The molecule has 45 heavy (non-hydrogen) atoms. The van der Waals surface area contributed by atoms with Gasteiger partial charge in [-0.05, 0) is 86.4 Å². The van der Waals surface area contributed by atoms with Crippen LogP contribution in [0.15, 0.2) is 55.1 Å². The molecule has 2 aromatic carbocycles. The number of carbonyl (C=O) groups is 1. The number of aliphatic hydroxyl groups is 1. The fraction of sp³-hybridized carbons (Fsp3) is 0.528. The molecule has 6 nitrogen and oxygen atoms in total. The van der Waals surface area contributed by atoms with Crippen LogP contribution < -0.4 is 4.74 Å². The van der Waals surface area contributed by atoms with E-state index in [-0.39, 0.29) is 23.7 Å². The summed E-state index contributed by atoms with van der Waals surface area (Å²) in [5, 5.41) is 23.8. The Morgan fingerprint density at radius 2 is 1.93 bits per heavy atom. The molecule has 2 bridgehead atoms. The number of carbonyl (C=O) groups excluding carboxylic acids is 1. The normalized spacial score (nSPS) is 31.0. The number of aromatic hydroxyl groups is 1. The third-order valence-electron chi connectivity index (χ3n) is 11.4. The molecule has 1 amide bonds. The summed E-state index contributed by atoms with van der Waals surface area (Å²) in [6, 6.07) is 8.06. The Morgan fingerprint density at radius 1 is 1.13 bits per heavy atom. The number of phenolic OH excluding ortho intramolecular Hbond substituents is 1. The molecule has 7 rings (SSSR count). The third kappa shape index (κ3) is 4.80. The van der Waals surface area contributed by atoms with Gasteiger partial charge in [-0.3, -0.25) is 9.69 Å². The monoisotopic (exact) mass is 622 g/mol. The third-order valence-corrected chi connectivity index (χ3v) is 11.4. The van der Waals surface area contributed by atoms with Gasteiger partial charge in [0.1, 0.15) is 6.10 Å². The van der Waals surface area contributed by atoms with Crippen LogP contribution in [0.4, 0.5) is 13.2 Å². The first-order valence-corrected chi connectivity index (χ1v) is 16.3. The van der Waals surface area contributed by atoms with E-state index in [4.69, 9.17) is 4.74 Å². The lowest BCUT2D eigenvalue weighted by Gasteiger charge is -2.64. The van der Waals surface area contributed by atoms with Gasteiger partial charge in [0.15, 0.2) is 11.5 Å². The van der Waals surface area contributed by atoms with Crippen molar-refractivity contribution in [1.82, 2.24) is 9.80 Å². The Balaban J connectivity index is 1.27. The molecule has 2 aromatic rings. The van der Waals surface area contributed by atoms with E-state index in [9.17, 15) is 28.2 Å². The summed E-state index contributed by atoms with van der Waals surface area (Å²) in [6.45, 7) is 5.85. The summed E-state index contributed by atoms with van der Waals surface area (Å²) < 4.78 is 46.8. The molecule has 2 heterocycles. The number of hydrogen-bond acceptors (Lipinski definition) is 5. The van der Waals surface area contributed by atoms with Crippen molar-refractivity contribution in [3.8, 4) is 11.5 Å². The van der Waals surface area contributed by atoms with Crippen LogP contribution >= 0.6 is 0 Å². The summed E-state index contributed by atoms with van der Waals surface area (Å²) in [5.74, 6) is 0.498. The van der Waals surface area contributed by atoms with E-state index >= 15 is 0 Å². The lowest BCUT2D eigenvalue weighted by molar-refractivity contribution is -0.200. The Morgan fingerprint density at radius 3 is 2.69 bits per heavy atom. The van der Waals surface area contributed by atoms with E-state index in [1.165, 1.54) is 24.6 Å². The topological polar surface area (TPSA) is 73.2 Å². The van der Waals surface area contributed by atoms with Crippen LogP contribution in [0.25, 0.3) is 6.08 Å². The van der Waals surface area contributed by atoms with Crippen LogP contribution in [0.3, 0.4) is 0 Å². The maximum absolute atomic E-state index is 14.2. The maximum Gasteiger partial charge on any atom is 0.416 e. The molecular formula is C36H41F3N2O4. The summed E-state index contributed by atoms with van der Waals surface area (Å²) in [5.41, 5.74) is -0.423. The van der Waals surface area contributed by atoms with Gasteiger partial charge in [-0.1, -0.05) is 43.5 Å². The Labute approximate surface area is 262 Å². The average molecular weight is 623 g/mol. The minimum Gasteiger partial charge on any atom is -0.504 e. The number of alkyl halides is 3. The van der Waals surface area contributed by atoms with Crippen molar-refractivity contribution in [1.29, 1.82) is 0 Å². The molecule has 2 N–H and O–H groups in total. The lowest BCUT2D eigenvalue weighted by Crippen LogP contribution is -2.78. The quantitative estimate of drug-likeness (QED) is 0.283. The highest BCUT2D eigenvalue weighted by Crippen LogP contribution is 2.66. The van der Waals surface area contributed by atoms with Gasteiger partial charge >= 0.3 is 6.18 Å². The number of likely N-dealkylation sites (tertiary alicyclic amines) is 1. The molecule has 9 heteroatoms. The van der Waals surface area contributed by atoms with E-state index in [0.29, 0.717) is 56.0 Å². The van der Waals surface area contributed by atoms with Gasteiger partial charge in [0, 0.05) is 30.8 Å². The molecular weight excluding hydrogens is 581 g/mol. The van der Waals surface area contributed by atoms with Crippen molar-refractivity contribution in [2.24, 2.45) is 5.92 Å². The zero-order valence-electron chi connectivity index (χ0n) is 25.4. The van der Waals surface area contributed by atoms with Gasteiger partial charge in [-0.15, -0.1) is 6.58 Å². The SMILES string of the molecule is C=CCN1CC[C@]23c4c5ccc(O)c4OC2C(N(CC2CCCCC2)C(=O)/C=C/c2cccc(C(F)(F)F)c2)CC[C@@]3(O)[C@H]1C5. The molecule has 1 spiro atoms. The first-order valence-electron chi connectivity index (χ1n) is 16.3. The predicted molar refractivity (Wildman–Crippen MR) is 165 cm³/mol. The summed E-state index contributed by atoms with van der Waals surface area (Å²) in [6.07, 6.45) is 7.31. The van der Waals surface area contributed by atoms with E-state index in [2.05, 4.69) is 11.5 Å². The number of amides is 1. The van der Waals surface area contributed by atoms with E-state index < -0.39 is 28.9 Å². The number of rotatable bonds is 7. The van der Waals surface area contributed by atoms with Gasteiger partial charge < -0.3 is 19.8 Å². The van der Waals surface area contributed by atoms with Crippen LogP contribution in [0.2, 0.25) is 0 Å². The van der Waals surface area contributed by atoms with Gasteiger partial charge in [0.05, 0.1) is 22.6 Å². The van der Waals surface area contributed by atoms with Crippen molar-refractivity contribution in [2.45, 2.75) is 93.2 Å². The molecule has 2 saturated carbocycles. The zero-order chi connectivity index (χ0) is 31.6. The molecule has 2 unspecified atom stereocenters. The van der Waals surface area contributed by atoms with E-state index in [0.717, 1.165) is 55.5 Å². The molecule has 3 fully saturated rings. The highest BCUT2D eigenvalue weighted by atomic mass is 19.4. The molecule has 2 aliphatic heterocycles. The van der Waals surface area contributed by atoms with Crippen LogP contribution in [0.5, 0.6) is 11.5 Å². The molecule has 240 valence electrons. The molecule has 5 aliphatic rings. The first kappa shape index (κ1) is 30.4. The van der Waals surface area contributed by atoms with Crippen molar-refractivity contribution < 1.29 is 32.9 Å². The molecule has 5 atom stereocenters. The minimum atomic E-state index is -4.47. The second-order valence-electron chi connectivity index (χ2n) is 13.7. The number of ether oxygens (including phenoxy) is 1. The highest BCUT2D eigenvalue weighted by molar-refractivity contribution is 5.92. The Hall–Kier alpha value is -3.30.